The Hall–Kier alpha value is -1.22. The van der Waals surface area contributed by atoms with Gasteiger partial charge in [-0.25, -0.2) is 4.39 Å². The van der Waals surface area contributed by atoms with Crippen molar-refractivity contribution in [3.8, 4) is 0 Å². The Morgan fingerprint density at radius 1 is 1.39 bits per heavy atom. The minimum atomic E-state index is -0.202. The molecule has 0 unspecified atom stereocenters. The van der Waals surface area contributed by atoms with Crippen LogP contribution in [-0.2, 0) is 11.3 Å². The monoisotopic (exact) mass is 249 g/mol. The molecule has 0 aromatic heterocycles. The van der Waals surface area contributed by atoms with Gasteiger partial charge in [0.2, 0.25) is 0 Å². The molecule has 0 bridgehead atoms. The molecular formula is C15H20FNO. The third kappa shape index (κ3) is 3.16. The summed E-state index contributed by atoms with van der Waals surface area (Å²) < 4.78 is 13.1. The molecule has 0 saturated heterocycles. The summed E-state index contributed by atoms with van der Waals surface area (Å²) in [5, 5.41) is 0. The Morgan fingerprint density at radius 3 is 2.72 bits per heavy atom. The van der Waals surface area contributed by atoms with E-state index in [1.807, 2.05) is 13.1 Å². The first kappa shape index (κ1) is 13.2. The van der Waals surface area contributed by atoms with E-state index in [0.717, 1.165) is 44.1 Å². The molecule has 2 nitrogen and oxygen atoms in total. The van der Waals surface area contributed by atoms with Crippen LogP contribution in [0, 0.1) is 11.2 Å². The Kier molecular flexibility index (Phi) is 4.12. The zero-order chi connectivity index (χ0) is 13.0. The quantitative estimate of drug-likeness (QED) is 0.748. The van der Waals surface area contributed by atoms with E-state index >= 15 is 0 Å². The maximum atomic E-state index is 13.1. The lowest BCUT2D eigenvalue weighted by Gasteiger charge is -2.28. The third-order valence-electron chi connectivity index (χ3n) is 3.78. The van der Waals surface area contributed by atoms with Gasteiger partial charge in [-0.15, -0.1) is 0 Å². The average molecular weight is 249 g/mol. The molecule has 3 heteroatoms. The van der Waals surface area contributed by atoms with Crippen molar-refractivity contribution in [3.05, 3.63) is 35.6 Å². The summed E-state index contributed by atoms with van der Waals surface area (Å²) in [6.45, 7) is 1.46. The molecule has 0 amide bonds. The molecule has 1 fully saturated rings. The predicted octanol–water partition coefficient (Wildman–Crippen LogP) is 3.02. The first-order valence-electron chi connectivity index (χ1n) is 6.53. The summed E-state index contributed by atoms with van der Waals surface area (Å²) in [6.07, 6.45) is 5.40. The first-order valence-corrected chi connectivity index (χ1v) is 6.53. The second-order valence-corrected chi connectivity index (χ2v) is 5.49. The van der Waals surface area contributed by atoms with E-state index in [2.05, 4.69) is 4.90 Å². The summed E-state index contributed by atoms with van der Waals surface area (Å²) in [5.74, 6) is -0.202. The molecule has 0 radical (unpaired) electrons. The average Bonchev–Trinajstić information content (AvgIpc) is 2.78. The Balaban J connectivity index is 1.96. The standard InChI is InChI=1S/C15H20FNO/c1-17(10-13-5-4-6-14(16)9-13)11-15(12-18)7-2-3-8-15/h4-6,9,12H,2-3,7-8,10-11H2,1H3. The van der Waals surface area contributed by atoms with E-state index in [9.17, 15) is 9.18 Å². The summed E-state index contributed by atoms with van der Waals surface area (Å²) in [4.78, 5) is 13.4. The summed E-state index contributed by atoms with van der Waals surface area (Å²) in [5.41, 5.74) is 0.791. The topological polar surface area (TPSA) is 20.3 Å². The molecule has 0 atom stereocenters. The van der Waals surface area contributed by atoms with E-state index in [-0.39, 0.29) is 11.2 Å². The molecule has 0 N–H and O–H groups in total. The smallest absolute Gasteiger partial charge is 0.127 e. The third-order valence-corrected chi connectivity index (χ3v) is 3.78. The molecule has 1 aliphatic rings. The van der Waals surface area contributed by atoms with E-state index in [1.54, 1.807) is 12.1 Å². The second kappa shape index (κ2) is 5.61. The van der Waals surface area contributed by atoms with E-state index in [4.69, 9.17) is 0 Å². The SMILES string of the molecule is CN(Cc1cccc(F)c1)CC1(C=O)CCCC1. The van der Waals surface area contributed by atoms with Gasteiger partial charge in [0.05, 0.1) is 0 Å². The number of hydrogen-bond acceptors (Lipinski definition) is 2. The van der Waals surface area contributed by atoms with Crippen LogP contribution >= 0.6 is 0 Å². The van der Waals surface area contributed by atoms with E-state index in [1.165, 1.54) is 6.07 Å². The molecule has 1 aromatic rings. The van der Waals surface area contributed by atoms with Gasteiger partial charge in [-0.05, 0) is 37.6 Å². The van der Waals surface area contributed by atoms with Crippen molar-refractivity contribution in [2.24, 2.45) is 5.41 Å². The van der Waals surface area contributed by atoms with Crippen molar-refractivity contribution in [3.63, 3.8) is 0 Å². The number of hydrogen-bond donors (Lipinski definition) is 0. The van der Waals surface area contributed by atoms with E-state index < -0.39 is 0 Å². The zero-order valence-electron chi connectivity index (χ0n) is 10.9. The molecule has 0 spiro atoms. The normalized spacial score (nSPS) is 18.2. The van der Waals surface area contributed by atoms with Gasteiger partial charge < -0.3 is 9.69 Å². The molecule has 1 aliphatic carbocycles. The number of carbonyl (C=O) groups is 1. The summed E-state index contributed by atoms with van der Waals surface area (Å²) in [6, 6.07) is 6.65. The molecule has 98 valence electrons. The van der Waals surface area contributed by atoms with Gasteiger partial charge in [0.1, 0.15) is 12.1 Å². The molecular weight excluding hydrogens is 229 g/mol. The Morgan fingerprint density at radius 2 is 2.11 bits per heavy atom. The summed E-state index contributed by atoms with van der Waals surface area (Å²) in [7, 11) is 1.99. The lowest BCUT2D eigenvalue weighted by molar-refractivity contribution is -0.116. The molecule has 18 heavy (non-hydrogen) atoms. The number of nitrogens with zero attached hydrogens (tertiary/aromatic N) is 1. The lowest BCUT2D eigenvalue weighted by Crippen LogP contribution is -2.34. The van der Waals surface area contributed by atoms with Crippen LogP contribution in [0.1, 0.15) is 31.2 Å². The van der Waals surface area contributed by atoms with Gasteiger partial charge in [0.25, 0.3) is 0 Å². The van der Waals surface area contributed by atoms with Crippen LogP contribution in [0.25, 0.3) is 0 Å². The number of benzene rings is 1. The highest BCUT2D eigenvalue weighted by atomic mass is 19.1. The molecule has 0 heterocycles. The van der Waals surface area contributed by atoms with Crippen LogP contribution in [0.4, 0.5) is 4.39 Å². The van der Waals surface area contributed by atoms with Crippen molar-refractivity contribution < 1.29 is 9.18 Å². The summed E-state index contributed by atoms with van der Waals surface area (Å²) >= 11 is 0. The van der Waals surface area contributed by atoms with Crippen molar-refractivity contribution >= 4 is 6.29 Å². The largest absolute Gasteiger partial charge is 0.303 e. The van der Waals surface area contributed by atoms with Gasteiger partial charge in [0, 0.05) is 18.5 Å². The van der Waals surface area contributed by atoms with Gasteiger partial charge in [-0.3, -0.25) is 0 Å². The fourth-order valence-electron chi connectivity index (χ4n) is 2.93. The highest BCUT2D eigenvalue weighted by Gasteiger charge is 2.34. The van der Waals surface area contributed by atoms with Crippen LogP contribution in [-0.4, -0.2) is 24.8 Å². The van der Waals surface area contributed by atoms with Gasteiger partial charge >= 0.3 is 0 Å². The fraction of sp³-hybridized carbons (Fsp3) is 0.533. The van der Waals surface area contributed by atoms with Crippen molar-refractivity contribution in [1.82, 2.24) is 4.90 Å². The maximum Gasteiger partial charge on any atom is 0.127 e. The van der Waals surface area contributed by atoms with Crippen molar-refractivity contribution in [1.29, 1.82) is 0 Å². The maximum absolute atomic E-state index is 13.1. The van der Waals surface area contributed by atoms with Crippen LogP contribution in [0.2, 0.25) is 0 Å². The molecule has 1 aromatic carbocycles. The van der Waals surface area contributed by atoms with Crippen LogP contribution < -0.4 is 0 Å². The van der Waals surface area contributed by atoms with Crippen LogP contribution in [0.15, 0.2) is 24.3 Å². The number of aldehydes is 1. The van der Waals surface area contributed by atoms with Crippen molar-refractivity contribution in [2.75, 3.05) is 13.6 Å². The Labute approximate surface area is 108 Å². The number of carbonyl (C=O) groups excluding carboxylic acids is 1. The van der Waals surface area contributed by atoms with Crippen LogP contribution in [0.3, 0.4) is 0 Å². The fourth-order valence-corrected chi connectivity index (χ4v) is 2.93. The molecule has 0 aliphatic heterocycles. The first-order chi connectivity index (χ1) is 8.63. The van der Waals surface area contributed by atoms with Gasteiger partial charge in [-0.2, -0.15) is 0 Å². The molecule has 2 rings (SSSR count). The zero-order valence-corrected chi connectivity index (χ0v) is 10.9. The number of halogens is 1. The lowest BCUT2D eigenvalue weighted by atomic mass is 9.87. The predicted molar refractivity (Wildman–Crippen MR) is 69.7 cm³/mol. The Bertz CT molecular complexity index is 413. The number of rotatable bonds is 5. The van der Waals surface area contributed by atoms with Gasteiger partial charge in [-0.1, -0.05) is 25.0 Å². The van der Waals surface area contributed by atoms with Crippen LogP contribution in [0.5, 0.6) is 0 Å². The highest BCUT2D eigenvalue weighted by molar-refractivity contribution is 5.60. The van der Waals surface area contributed by atoms with Crippen molar-refractivity contribution in [2.45, 2.75) is 32.2 Å². The minimum absolute atomic E-state index is 0.165. The molecule has 1 saturated carbocycles. The highest BCUT2D eigenvalue weighted by Crippen LogP contribution is 2.36. The van der Waals surface area contributed by atoms with E-state index in [0.29, 0.717) is 6.54 Å². The second-order valence-electron chi connectivity index (χ2n) is 5.49. The van der Waals surface area contributed by atoms with Gasteiger partial charge in [0.15, 0.2) is 0 Å². The minimum Gasteiger partial charge on any atom is -0.303 e.